The Labute approximate surface area is 156 Å². The van der Waals surface area contributed by atoms with Crippen LogP contribution in [0.3, 0.4) is 0 Å². The van der Waals surface area contributed by atoms with Crippen LogP contribution in [-0.4, -0.2) is 28.0 Å². The van der Waals surface area contributed by atoms with Crippen LogP contribution >= 0.6 is 11.6 Å². The Morgan fingerprint density at radius 2 is 2.08 bits per heavy atom. The average molecular weight is 377 g/mol. The molecule has 2 heterocycles. The van der Waals surface area contributed by atoms with Crippen molar-refractivity contribution in [2.24, 2.45) is 7.05 Å². The molecule has 1 N–H and O–H groups in total. The number of aromatic nitrogens is 2. The highest BCUT2D eigenvalue weighted by molar-refractivity contribution is 6.33. The van der Waals surface area contributed by atoms with Crippen LogP contribution in [0, 0.1) is 0 Å². The zero-order valence-electron chi connectivity index (χ0n) is 15.2. The molecule has 1 aliphatic rings. The molecule has 0 saturated carbocycles. The SMILES string of the molecule is Cn1ncc(Nc2ccc3c(c2)CCN3C(=O)OC(C)(C)C)c(Cl)c1=O. The Balaban J connectivity index is 1.82. The summed E-state index contributed by atoms with van der Waals surface area (Å²) in [7, 11) is 1.54. The number of ether oxygens (including phenoxy) is 1. The third kappa shape index (κ3) is 3.67. The summed E-state index contributed by atoms with van der Waals surface area (Å²) in [6.45, 7) is 6.10. The fraction of sp³-hybridized carbons (Fsp3) is 0.389. The maximum absolute atomic E-state index is 12.3. The summed E-state index contributed by atoms with van der Waals surface area (Å²) < 4.78 is 6.63. The van der Waals surface area contributed by atoms with Gasteiger partial charge in [0.25, 0.3) is 5.56 Å². The zero-order chi connectivity index (χ0) is 19.1. The van der Waals surface area contributed by atoms with Gasteiger partial charge in [-0.2, -0.15) is 5.10 Å². The molecule has 0 atom stereocenters. The lowest BCUT2D eigenvalue weighted by Crippen LogP contribution is -2.35. The Morgan fingerprint density at radius 3 is 2.77 bits per heavy atom. The lowest BCUT2D eigenvalue weighted by atomic mass is 10.1. The van der Waals surface area contributed by atoms with Crippen molar-refractivity contribution in [3.05, 3.63) is 45.3 Å². The van der Waals surface area contributed by atoms with Crippen LogP contribution in [-0.2, 0) is 18.2 Å². The first-order valence-corrected chi connectivity index (χ1v) is 8.66. The molecule has 0 bridgehead atoms. The summed E-state index contributed by atoms with van der Waals surface area (Å²) in [6.07, 6.45) is 1.88. The Hall–Kier alpha value is -2.54. The molecular formula is C18H21ClN4O3. The number of rotatable bonds is 2. The van der Waals surface area contributed by atoms with Gasteiger partial charge in [0.2, 0.25) is 0 Å². The van der Waals surface area contributed by atoms with Crippen LogP contribution < -0.4 is 15.8 Å². The molecule has 1 aromatic heterocycles. The molecule has 1 amide bonds. The maximum atomic E-state index is 12.3. The van der Waals surface area contributed by atoms with Gasteiger partial charge in [0.1, 0.15) is 10.6 Å². The Morgan fingerprint density at radius 1 is 1.35 bits per heavy atom. The fourth-order valence-electron chi connectivity index (χ4n) is 2.74. The number of hydrogen-bond acceptors (Lipinski definition) is 5. The molecule has 1 aliphatic heterocycles. The van der Waals surface area contributed by atoms with Crippen molar-refractivity contribution < 1.29 is 9.53 Å². The largest absolute Gasteiger partial charge is 0.443 e. The summed E-state index contributed by atoms with van der Waals surface area (Å²) in [5.74, 6) is 0. The predicted octanol–water partition coefficient (Wildman–Crippen LogP) is 3.47. The van der Waals surface area contributed by atoms with Crippen LogP contribution in [0.1, 0.15) is 26.3 Å². The number of carbonyl (C=O) groups excluding carboxylic acids is 1. The third-order valence-electron chi connectivity index (χ3n) is 3.95. The van der Waals surface area contributed by atoms with Crippen LogP contribution in [0.25, 0.3) is 0 Å². The number of nitrogens with zero attached hydrogens (tertiary/aromatic N) is 3. The minimum absolute atomic E-state index is 0.0818. The van der Waals surface area contributed by atoms with Crippen LogP contribution in [0.2, 0.25) is 5.02 Å². The fourth-order valence-corrected chi connectivity index (χ4v) is 2.96. The van der Waals surface area contributed by atoms with Crippen LogP contribution in [0.15, 0.2) is 29.2 Å². The van der Waals surface area contributed by atoms with Gasteiger partial charge in [0, 0.05) is 19.3 Å². The van der Waals surface area contributed by atoms with E-state index in [0.717, 1.165) is 23.4 Å². The number of amides is 1. The smallest absolute Gasteiger partial charge is 0.414 e. The lowest BCUT2D eigenvalue weighted by molar-refractivity contribution is 0.0584. The molecule has 1 aromatic carbocycles. The van der Waals surface area contributed by atoms with E-state index in [1.165, 1.54) is 10.9 Å². The van der Waals surface area contributed by atoms with Crippen molar-refractivity contribution in [3.63, 3.8) is 0 Å². The molecule has 8 heteroatoms. The van der Waals surface area contributed by atoms with Gasteiger partial charge in [-0.05, 0) is 51.0 Å². The van der Waals surface area contributed by atoms with E-state index in [2.05, 4.69) is 10.4 Å². The lowest BCUT2D eigenvalue weighted by Gasteiger charge is -2.24. The number of carbonyl (C=O) groups is 1. The average Bonchev–Trinajstić information content (AvgIpc) is 2.97. The van der Waals surface area contributed by atoms with E-state index in [0.29, 0.717) is 12.2 Å². The highest BCUT2D eigenvalue weighted by Crippen LogP contribution is 2.33. The monoisotopic (exact) mass is 376 g/mol. The van der Waals surface area contributed by atoms with Crippen LogP contribution in [0.5, 0.6) is 0 Å². The van der Waals surface area contributed by atoms with Crippen molar-refractivity contribution in [2.45, 2.75) is 32.8 Å². The first-order valence-electron chi connectivity index (χ1n) is 8.28. The first kappa shape index (κ1) is 18.3. The molecular weight excluding hydrogens is 356 g/mol. The highest BCUT2D eigenvalue weighted by atomic mass is 35.5. The van der Waals surface area contributed by atoms with Crippen LogP contribution in [0.4, 0.5) is 21.9 Å². The maximum Gasteiger partial charge on any atom is 0.414 e. The number of halogens is 1. The number of anilines is 3. The number of fused-ring (bicyclic) bond motifs is 1. The van der Waals surface area contributed by atoms with Crippen molar-refractivity contribution in [3.8, 4) is 0 Å². The minimum Gasteiger partial charge on any atom is -0.443 e. The number of hydrogen-bond donors (Lipinski definition) is 1. The van der Waals surface area contributed by atoms with Gasteiger partial charge in [-0.25, -0.2) is 9.48 Å². The molecule has 0 unspecified atom stereocenters. The summed E-state index contributed by atoms with van der Waals surface area (Å²) in [5.41, 5.74) is 2.16. The van der Waals surface area contributed by atoms with Gasteiger partial charge in [-0.1, -0.05) is 11.6 Å². The second-order valence-electron chi connectivity index (χ2n) is 7.15. The quantitative estimate of drug-likeness (QED) is 0.868. The number of benzene rings is 1. The van der Waals surface area contributed by atoms with Gasteiger partial charge >= 0.3 is 6.09 Å². The second-order valence-corrected chi connectivity index (χ2v) is 7.53. The summed E-state index contributed by atoms with van der Waals surface area (Å²) >= 11 is 6.09. The number of aryl methyl sites for hydroxylation is 1. The van der Waals surface area contributed by atoms with Gasteiger partial charge in [-0.15, -0.1) is 0 Å². The van der Waals surface area contributed by atoms with E-state index >= 15 is 0 Å². The highest BCUT2D eigenvalue weighted by Gasteiger charge is 2.29. The van der Waals surface area contributed by atoms with E-state index in [1.54, 1.807) is 11.9 Å². The van der Waals surface area contributed by atoms with Gasteiger partial charge in [-0.3, -0.25) is 9.69 Å². The third-order valence-corrected chi connectivity index (χ3v) is 4.31. The van der Waals surface area contributed by atoms with E-state index in [4.69, 9.17) is 16.3 Å². The van der Waals surface area contributed by atoms with E-state index in [-0.39, 0.29) is 16.7 Å². The first-order chi connectivity index (χ1) is 12.2. The summed E-state index contributed by atoms with van der Waals surface area (Å²) in [4.78, 5) is 25.8. The zero-order valence-corrected chi connectivity index (χ0v) is 15.9. The Bertz CT molecular complexity index is 918. The molecule has 3 rings (SSSR count). The molecule has 138 valence electrons. The topological polar surface area (TPSA) is 76.5 Å². The molecule has 0 saturated heterocycles. The molecule has 0 spiro atoms. The van der Waals surface area contributed by atoms with E-state index in [9.17, 15) is 9.59 Å². The molecule has 2 aromatic rings. The molecule has 0 aliphatic carbocycles. The molecule has 7 nitrogen and oxygen atoms in total. The Kier molecular flexibility index (Phi) is 4.66. The standard InChI is InChI=1S/C18H21ClN4O3/c1-18(2,3)26-17(25)23-8-7-11-9-12(5-6-14(11)23)21-13-10-20-22(4)16(24)15(13)19/h5-6,9-10,21H,7-8H2,1-4H3. The van der Waals surface area contributed by atoms with Gasteiger partial charge < -0.3 is 10.1 Å². The van der Waals surface area contributed by atoms with E-state index < -0.39 is 5.60 Å². The normalized spacial score (nSPS) is 13.5. The molecule has 0 fully saturated rings. The van der Waals surface area contributed by atoms with Crippen molar-refractivity contribution >= 4 is 34.8 Å². The van der Waals surface area contributed by atoms with Crippen molar-refractivity contribution in [1.29, 1.82) is 0 Å². The minimum atomic E-state index is -0.537. The van der Waals surface area contributed by atoms with E-state index in [1.807, 2.05) is 39.0 Å². The van der Waals surface area contributed by atoms with Crippen molar-refractivity contribution in [2.75, 3.05) is 16.8 Å². The van der Waals surface area contributed by atoms with Gasteiger partial charge in [0.05, 0.1) is 17.6 Å². The molecule has 26 heavy (non-hydrogen) atoms. The summed E-state index contributed by atoms with van der Waals surface area (Å²) in [5, 5.41) is 7.16. The number of nitrogens with one attached hydrogen (secondary N) is 1. The van der Waals surface area contributed by atoms with Crippen molar-refractivity contribution in [1.82, 2.24) is 9.78 Å². The second kappa shape index (κ2) is 6.64. The molecule has 0 radical (unpaired) electrons. The summed E-state index contributed by atoms with van der Waals surface area (Å²) in [6, 6.07) is 5.62. The predicted molar refractivity (Wildman–Crippen MR) is 101 cm³/mol. The van der Waals surface area contributed by atoms with Gasteiger partial charge in [0.15, 0.2) is 0 Å².